The Morgan fingerprint density at radius 3 is 2.72 bits per heavy atom. The van der Waals surface area contributed by atoms with Gasteiger partial charge >= 0.3 is 0 Å². The number of benzene rings is 1. The minimum atomic E-state index is -1.28. The van der Waals surface area contributed by atoms with Crippen molar-refractivity contribution in [1.29, 1.82) is 0 Å². The number of hydrogen-bond acceptors (Lipinski definition) is 3. The summed E-state index contributed by atoms with van der Waals surface area (Å²) in [7, 11) is 0.765. The van der Waals surface area contributed by atoms with E-state index in [1.54, 1.807) is 0 Å². The van der Waals surface area contributed by atoms with Crippen LogP contribution in [0.15, 0.2) is 36.9 Å². The fourth-order valence-electron chi connectivity index (χ4n) is 3.83. The molecule has 0 spiro atoms. The summed E-state index contributed by atoms with van der Waals surface area (Å²) in [6.07, 6.45) is 8.76. The molecule has 1 aromatic heterocycles. The first-order chi connectivity index (χ1) is 13.2. The Morgan fingerprint density at radius 2 is 2.07 bits per heavy atom. The van der Waals surface area contributed by atoms with Gasteiger partial charge < -0.3 is 27.8 Å². The Labute approximate surface area is 183 Å². The lowest BCUT2D eigenvalue weighted by molar-refractivity contribution is -0.671. The van der Waals surface area contributed by atoms with Crippen molar-refractivity contribution in [2.24, 2.45) is 7.05 Å². The number of nitrogens with zero attached hydrogens (tertiary/aromatic N) is 3. The zero-order chi connectivity index (χ0) is 20.3. The summed E-state index contributed by atoms with van der Waals surface area (Å²) in [6.45, 7) is 13.4. The molecule has 1 aliphatic heterocycles. The average Bonchev–Trinajstić information content (AvgIpc) is 3.27. The fraction of sp³-hybridized carbons (Fsp3) is 0.591. The zero-order valence-electron chi connectivity index (χ0n) is 18.6. The van der Waals surface area contributed by atoms with Crippen LogP contribution in [0.25, 0.3) is 0 Å². The van der Waals surface area contributed by atoms with Crippen LogP contribution in [-0.4, -0.2) is 38.4 Å². The highest BCUT2D eigenvalue weighted by molar-refractivity contribution is 6.77. The second-order valence-corrected chi connectivity index (χ2v) is 14.9. The first-order valence-corrected chi connectivity index (χ1v) is 14.1. The number of rotatable bonds is 8. The molecule has 2 aromatic rings. The van der Waals surface area contributed by atoms with E-state index in [-0.39, 0.29) is 12.4 Å². The fourth-order valence-corrected chi connectivity index (χ4v) is 5.01. The predicted octanol–water partition coefficient (Wildman–Crippen LogP) is 0.565. The summed E-state index contributed by atoms with van der Waals surface area (Å²) in [5.41, 5.74) is 10.4. The first-order valence-electron chi connectivity index (χ1n) is 10.5. The second-order valence-electron chi connectivity index (χ2n) is 9.30. The lowest BCUT2D eigenvalue weighted by atomic mass is 10.1. The number of aromatic nitrogens is 2. The summed E-state index contributed by atoms with van der Waals surface area (Å²) >= 11 is 0. The van der Waals surface area contributed by atoms with Gasteiger partial charge in [-0.15, -0.1) is 0 Å². The number of nitrogen functional groups attached to an aromatic ring is 1. The predicted molar refractivity (Wildman–Crippen MR) is 119 cm³/mol. The van der Waals surface area contributed by atoms with Gasteiger partial charge in [0.05, 0.1) is 34.4 Å². The van der Waals surface area contributed by atoms with E-state index in [4.69, 9.17) is 10.5 Å². The molecule has 0 amide bonds. The highest BCUT2D eigenvalue weighted by Gasteiger charge is 2.28. The highest BCUT2D eigenvalue weighted by Crippen LogP contribution is 2.34. The van der Waals surface area contributed by atoms with E-state index in [9.17, 15) is 0 Å². The van der Waals surface area contributed by atoms with Gasteiger partial charge in [0.2, 0.25) is 6.33 Å². The van der Waals surface area contributed by atoms with E-state index in [0.717, 1.165) is 44.8 Å². The number of halogens is 1. The molecular weight excluding hydrogens is 400 g/mol. The molecule has 0 aliphatic carbocycles. The van der Waals surface area contributed by atoms with Gasteiger partial charge in [-0.1, -0.05) is 26.6 Å². The number of aryl methyl sites for hydroxylation is 2. The van der Waals surface area contributed by atoms with E-state index < -0.39 is 8.07 Å². The number of hydrogen-bond donors (Lipinski definition) is 1. The third-order valence-corrected chi connectivity index (χ3v) is 8.99. The Hall–Kier alpha value is -1.50. The van der Waals surface area contributed by atoms with Crippen LogP contribution in [0.4, 0.5) is 11.4 Å². The van der Waals surface area contributed by atoms with E-state index >= 15 is 0 Å². The topological polar surface area (TPSA) is 47.3 Å². The summed E-state index contributed by atoms with van der Waals surface area (Å²) in [5.74, 6) is 0. The van der Waals surface area contributed by atoms with Crippen LogP contribution in [0.2, 0.25) is 19.6 Å². The number of ether oxygens (including phenoxy) is 1. The van der Waals surface area contributed by atoms with Crippen molar-refractivity contribution in [3.05, 3.63) is 42.5 Å². The first kappa shape index (κ1) is 23.8. The third-order valence-electron chi connectivity index (χ3n) is 6.08. The molecule has 3 rings (SSSR count). The minimum Gasteiger partial charge on any atom is -1.00 e. The average molecular weight is 437 g/mol. The van der Waals surface area contributed by atoms with E-state index in [1.165, 1.54) is 11.3 Å². The third kappa shape index (κ3) is 6.24. The number of nitrogens with two attached hydrogens (primary N) is 1. The molecular formula is C22H37ClN4OSi. The molecule has 7 heteroatoms. The maximum atomic E-state index is 6.32. The Balaban J connectivity index is 0.00000300. The van der Waals surface area contributed by atoms with Crippen LogP contribution in [0.3, 0.4) is 0 Å². The van der Waals surface area contributed by atoms with Gasteiger partial charge in [0.25, 0.3) is 0 Å². The molecule has 5 nitrogen and oxygen atoms in total. The highest BCUT2D eigenvalue weighted by atomic mass is 35.5. The Kier molecular flexibility index (Phi) is 8.20. The summed E-state index contributed by atoms with van der Waals surface area (Å²) in [4.78, 5) is 2.45. The van der Waals surface area contributed by atoms with Crippen molar-refractivity contribution in [2.45, 2.75) is 57.6 Å². The van der Waals surface area contributed by atoms with Gasteiger partial charge in [0.1, 0.15) is 12.4 Å². The lowest BCUT2D eigenvalue weighted by Gasteiger charge is -2.28. The zero-order valence-corrected chi connectivity index (χ0v) is 20.3. The van der Waals surface area contributed by atoms with Crippen molar-refractivity contribution >= 4 is 19.4 Å². The molecule has 1 saturated heterocycles. The van der Waals surface area contributed by atoms with Crippen molar-refractivity contribution in [2.75, 3.05) is 30.3 Å². The normalized spacial score (nSPS) is 18.0. The largest absolute Gasteiger partial charge is 1.00 e. The molecule has 1 aliphatic rings. The molecule has 162 valence electrons. The maximum absolute atomic E-state index is 6.32. The Morgan fingerprint density at radius 1 is 1.31 bits per heavy atom. The molecule has 2 unspecified atom stereocenters. The number of anilines is 2. The van der Waals surface area contributed by atoms with E-state index in [2.05, 4.69) is 77.5 Å². The van der Waals surface area contributed by atoms with Crippen LogP contribution in [0.5, 0.6) is 0 Å². The number of imidazole rings is 1. The molecule has 2 N–H and O–H groups in total. The van der Waals surface area contributed by atoms with Crippen molar-refractivity contribution in [3.8, 4) is 0 Å². The van der Waals surface area contributed by atoms with Gasteiger partial charge in [-0.2, -0.15) is 0 Å². The van der Waals surface area contributed by atoms with Gasteiger partial charge in [0, 0.05) is 30.9 Å². The van der Waals surface area contributed by atoms with Crippen LogP contribution >= 0.6 is 0 Å². The molecule has 2 atom stereocenters. The molecule has 0 bridgehead atoms. The Bertz CT molecular complexity index is 789. The molecule has 29 heavy (non-hydrogen) atoms. The van der Waals surface area contributed by atoms with Crippen molar-refractivity contribution in [3.63, 3.8) is 0 Å². The smallest absolute Gasteiger partial charge is 0.243 e. The van der Waals surface area contributed by atoms with Crippen LogP contribution in [0.1, 0.15) is 30.9 Å². The SMILES string of the molecule is CC(c1cc(N2CCC(OCCCn3cc[n+](C)c3)C2)ccc1N)[Si](C)(C)C.[Cl-]. The molecule has 0 saturated carbocycles. The quantitative estimate of drug-likeness (QED) is 0.285. The molecule has 1 aromatic carbocycles. The van der Waals surface area contributed by atoms with Gasteiger partial charge in [-0.05, 0) is 35.7 Å². The lowest BCUT2D eigenvalue weighted by Crippen LogP contribution is -3.00. The summed E-state index contributed by atoms with van der Waals surface area (Å²) < 4.78 is 10.4. The maximum Gasteiger partial charge on any atom is 0.243 e. The monoisotopic (exact) mass is 436 g/mol. The standard InChI is InChI=1S/C22H37N4OSi.ClH/c1-18(28(3,4)5)21-15-19(7-8-22(21)23)26-11-9-20(16-26)27-14-6-10-25-13-12-24(2)17-25;/h7-8,12-13,15,17-18,20H,6,9-11,14,16,23H2,1-5H3;1H/q+1;/p-1. The van der Waals surface area contributed by atoms with E-state index in [0.29, 0.717) is 11.6 Å². The molecule has 2 heterocycles. The van der Waals surface area contributed by atoms with Crippen molar-refractivity contribution < 1.29 is 21.7 Å². The van der Waals surface area contributed by atoms with E-state index in [1.807, 2.05) is 7.05 Å². The summed E-state index contributed by atoms with van der Waals surface area (Å²) in [5, 5.41) is 0. The summed E-state index contributed by atoms with van der Waals surface area (Å²) in [6, 6.07) is 6.59. The van der Waals surface area contributed by atoms with Gasteiger partial charge in [-0.3, -0.25) is 0 Å². The molecule has 1 fully saturated rings. The van der Waals surface area contributed by atoms with Crippen LogP contribution < -0.4 is 27.6 Å². The second kappa shape index (κ2) is 10.0. The van der Waals surface area contributed by atoms with Crippen molar-refractivity contribution in [1.82, 2.24) is 4.57 Å². The van der Waals surface area contributed by atoms with Gasteiger partial charge in [-0.25, -0.2) is 9.13 Å². The van der Waals surface area contributed by atoms with Crippen LogP contribution in [0, 0.1) is 0 Å². The van der Waals surface area contributed by atoms with Crippen LogP contribution in [-0.2, 0) is 18.3 Å². The molecule has 0 radical (unpaired) electrons. The minimum absolute atomic E-state index is 0. The van der Waals surface area contributed by atoms with Gasteiger partial charge in [0.15, 0.2) is 0 Å².